The van der Waals surface area contributed by atoms with Gasteiger partial charge in [0.15, 0.2) is 6.21 Å². The quantitative estimate of drug-likeness (QED) is 0.399. The number of hydrogen-bond donors (Lipinski definition) is 3. The molecule has 3 nitrogen and oxygen atoms in total. The molecule has 4 heteroatoms. The van der Waals surface area contributed by atoms with Gasteiger partial charge >= 0.3 is 0 Å². The van der Waals surface area contributed by atoms with Gasteiger partial charge in [-0.15, -0.1) is 0 Å². The van der Waals surface area contributed by atoms with Gasteiger partial charge < -0.3 is 11.5 Å². The van der Waals surface area contributed by atoms with E-state index >= 15 is 0 Å². The molecule has 0 fully saturated rings. The Hall–Kier alpha value is -1.22. The lowest BCUT2D eigenvalue weighted by Crippen LogP contribution is -2.30. The Kier molecular flexibility index (Phi) is 2.01. The number of nitrogens with two attached hydrogens (primary N) is 3. The fraction of sp³-hybridized carbons (Fsp3) is 0. The molecular formula is C7H9ClN3+. The lowest BCUT2D eigenvalue weighted by atomic mass is 10.1. The molecule has 1 aromatic carbocycles. The van der Waals surface area contributed by atoms with Crippen LogP contribution in [-0.4, -0.2) is 6.21 Å². The summed E-state index contributed by atoms with van der Waals surface area (Å²) in [5, 5.41) is 5.75. The molecule has 1 rings (SSSR count). The molecule has 0 radical (unpaired) electrons. The van der Waals surface area contributed by atoms with Gasteiger partial charge in [-0.2, -0.15) is 0 Å². The molecule has 0 amide bonds. The fourth-order valence-electron chi connectivity index (χ4n) is 0.813. The smallest absolute Gasteiger partial charge is 0.171 e. The molecule has 0 spiro atoms. The summed E-state index contributed by atoms with van der Waals surface area (Å²) in [7, 11) is 0. The summed E-state index contributed by atoms with van der Waals surface area (Å²) in [6, 6.07) is 3.30. The minimum absolute atomic E-state index is 0.425. The number of anilines is 2. The molecule has 1 aromatic rings. The van der Waals surface area contributed by atoms with Crippen LogP contribution in [0.3, 0.4) is 0 Å². The Balaban J connectivity index is 3.40. The first kappa shape index (κ1) is 7.88. The molecule has 0 atom stereocenters. The van der Waals surface area contributed by atoms with Crippen molar-refractivity contribution in [3.05, 3.63) is 22.7 Å². The van der Waals surface area contributed by atoms with E-state index in [0.29, 0.717) is 22.0 Å². The van der Waals surface area contributed by atoms with Crippen LogP contribution in [-0.2, 0) is 0 Å². The highest BCUT2D eigenvalue weighted by molar-refractivity contribution is 6.33. The molecule has 0 bridgehead atoms. The van der Waals surface area contributed by atoms with Gasteiger partial charge in [0.05, 0.1) is 16.3 Å². The van der Waals surface area contributed by atoms with Crippen LogP contribution in [0.4, 0.5) is 11.4 Å². The monoisotopic (exact) mass is 170 g/mol. The zero-order chi connectivity index (χ0) is 8.43. The second-order valence-electron chi connectivity index (χ2n) is 2.13. The average molecular weight is 171 g/mol. The molecule has 0 aliphatic carbocycles. The zero-order valence-corrected chi connectivity index (χ0v) is 6.60. The molecule has 0 aromatic heterocycles. The van der Waals surface area contributed by atoms with E-state index in [4.69, 9.17) is 28.5 Å². The van der Waals surface area contributed by atoms with E-state index in [1.807, 2.05) is 0 Å². The van der Waals surface area contributed by atoms with Crippen molar-refractivity contribution < 1.29 is 5.41 Å². The minimum Gasteiger partial charge on any atom is -0.398 e. The van der Waals surface area contributed by atoms with Crippen LogP contribution in [0.25, 0.3) is 0 Å². The van der Waals surface area contributed by atoms with Gasteiger partial charge in [0.25, 0.3) is 0 Å². The molecule has 0 unspecified atom stereocenters. The zero-order valence-electron chi connectivity index (χ0n) is 5.84. The number of hydrogen-bond acceptors (Lipinski definition) is 2. The van der Waals surface area contributed by atoms with Crippen LogP contribution >= 0.6 is 11.6 Å². The SMILES string of the molecule is Nc1ccc(Cl)c(N)c1C=[NH2+]. The van der Waals surface area contributed by atoms with E-state index in [2.05, 4.69) is 0 Å². The van der Waals surface area contributed by atoms with E-state index in [-0.39, 0.29) is 0 Å². The van der Waals surface area contributed by atoms with Crippen LogP contribution < -0.4 is 16.9 Å². The van der Waals surface area contributed by atoms with Crippen LogP contribution in [0, 0.1) is 0 Å². The Labute approximate surface area is 69.5 Å². The fourth-order valence-corrected chi connectivity index (χ4v) is 0.977. The normalized spacial score (nSPS) is 9.55. The Morgan fingerprint density at radius 3 is 2.45 bits per heavy atom. The number of benzene rings is 1. The Bertz CT molecular complexity index is 296. The molecule has 0 saturated heterocycles. The van der Waals surface area contributed by atoms with Gasteiger partial charge in [-0.25, -0.2) is 0 Å². The summed E-state index contributed by atoms with van der Waals surface area (Å²) >= 11 is 5.71. The van der Waals surface area contributed by atoms with Crippen LogP contribution in [0.15, 0.2) is 12.1 Å². The van der Waals surface area contributed by atoms with E-state index in [9.17, 15) is 0 Å². The van der Waals surface area contributed by atoms with Crippen molar-refractivity contribution in [1.29, 1.82) is 0 Å². The summed E-state index contributed by atoms with van der Waals surface area (Å²) in [5.74, 6) is 0. The second kappa shape index (κ2) is 2.80. The van der Waals surface area contributed by atoms with Crippen molar-refractivity contribution in [2.75, 3.05) is 11.5 Å². The predicted octanol–water partition coefficient (Wildman–Crippen LogP) is -0.318. The third-order valence-electron chi connectivity index (χ3n) is 1.43. The van der Waals surface area contributed by atoms with Gasteiger partial charge in [-0.1, -0.05) is 11.6 Å². The second-order valence-corrected chi connectivity index (χ2v) is 2.54. The van der Waals surface area contributed by atoms with E-state index in [0.717, 1.165) is 0 Å². The van der Waals surface area contributed by atoms with Crippen LogP contribution in [0.1, 0.15) is 5.56 Å². The molecule has 11 heavy (non-hydrogen) atoms. The van der Waals surface area contributed by atoms with Crippen molar-refractivity contribution in [3.8, 4) is 0 Å². The van der Waals surface area contributed by atoms with Gasteiger partial charge in [0, 0.05) is 5.69 Å². The predicted molar refractivity (Wildman–Crippen MR) is 47.4 cm³/mol. The molecular weight excluding hydrogens is 162 g/mol. The lowest BCUT2D eigenvalue weighted by Gasteiger charge is -2.02. The first-order chi connectivity index (χ1) is 5.16. The third kappa shape index (κ3) is 1.28. The third-order valence-corrected chi connectivity index (χ3v) is 1.76. The molecule has 0 aliphatic heterocycles. The summed E-state index contributed by atoms with van der Waals surface area (Å²) in [5.41, 5.74) is 12.7. The van der Waals surface area contributed by atoms with Gasteiger partial charge in [0.2, 0.25) is 0 Å². The average Bonchev–Trinajstić information content (AvgIpc) is 1.99. The van der Waals surface area contributed by atoms with E-state index in [1.165, 1.54) is 6.21 Å². The highest BCUT2D eigenvalue weighted by atomic mass is 35.5. The Morgan fingerprint density at radius 1 is 1.36 bits per heavy atom. The van der Waals surface area contributed by atoms with Gasteiger partial charge in [-0.3, -0.25) is 5.41 Å². The van der Waals surface area contributed by atoms with E-state index in [1.54, 1.807) is 12.1 Å². The van der Waals surface area contributed by atoms with Crippen molar-refractivity contribution in [3.63, 3.8) is 0 Å². The van der Waals surface area contributed by atoms with Crippen molar-refractivity contribution in [2.45, 2.75) is 0 Å². The highest BCUT2D eigenvalue weighted by Crippen LogP contribution is 2.25. The summed E-state index contributed by atoms with van der Waals surface area (Å²) in [4.78, 5) is 0. The summed E-state index contributed by atoms with van der Waals surface area (Å²) in [6.45, 7) is 0. The number of nitrogen functional groups attached to an aromatic ring is 2. The Morgan fingerprint density at radius 2 is 2.00 bits per heavy atom. The molecule has 0 saturated carbocycles. The maximum Gasteiger partial charge on any atom is 0.171 e. The summed E-state index contributed by atoms with van der Waals surface area (Å²) < 4.78 is 0. The van der Waals surface area contributed by atoms with Gasteiger partial charge in [0.1, 0.15) is 0 Å². The van der Waals surface area contributed by atoms with Crippen molar-refractivity contribution in [2.24, 2.45) is 0 Å². The van der Waals surface area contributed by atoms with Crippen molar-refractivity contribution >= 4 is 29.2 Å². The minimum atomic E-state index is 0.425. The summed E-state index contributed by atoms with van der Waals surface area (Å²) in [6.07, 6.45) is 1.34. The molecule has 0 heterocycles. The van der Waals surface area contributed by atoms with Crippen LogP contribution in [0.5, 0.6) is 0 Å². The van der Waals surface area contributed by atoms with Crippen LogP contribution in [0.2, 0.25) is 5.02 Å². The molecule has 58 valence electrons. The van der Waals surface area contributed by atoms with Gasteiger partial charge in [-0.05, 0) is 12.1 Å². The van der Waals surface area contributed by atoms with Crippen molar-refractivity contribution in [1.82, 2.24) is 0 Å². The maximum atomic E-state index is 5.71. The number of rotatable bonds is 1. The number of halogens is 1. The highest BCUT2D eigenvalue weighted by Gasteiger charge is 2.06. The molecule has 6 N–H and O–H groups in total. The van der Waals surface area contributed by atoms with E-state index < -0.39 is 0 Å². The maximum absolute atomic E-state index is 5.71. The first-order valence-electron chi connectivity index (χ1n) is 3.05. The topological polar surface area (TPSA) is 77.6 Å². The largest absolute Gasteiger partial charge is 0.398 e. The lowest BCUT2D eigenvalue weighted by molar-refractivity contribution is -0.104. The first-order valence-corrected chi connectivity index (χ1v) is 3.43. The molecule has 0 aliphatic rings. The standard InChI is InChI=1S/C7H8ClN3/c8-5-1-2-6(10)4(3-9)7(5)11/h1-3,9H,10-11H2/p+1.